The molecular weight excluding hydrogens is 228 g/mol. The monoisotopic (exact) mass is 244 g/mol. The summed E-state index contributed by atoms with van der Waals surface area (Å²) in [4.78, 5) is 10.9. The summed E-state index contributed by atoms with van der Waals surface area (Å²) in [7, 11) is 1.91. The SMILES string of the molecule is Cc1cc(C(=O)O)ccc1-c1c(C)nn(C)c1C. The van der Waals surface area contributed by atoms with E-state index in [9.17, 15) is 4.79 Å². The van der Waals surface area contributed by atoms with Gasteiger partial charge in [0.05, 0.1) is 11.3 Å². The zero-order valence-corrected chi connectivity index (χ0v) is 11.0. The summed E-state index contributed by atoms with van der Waals surface area (Å²) in [5.74, 6) is -0.899. The van der Waals surface area contributed by atoms with Crippen molar-refractivity contribution in [1.29, 1.82) is 0 Å². The highest BCUT2D eigenvalue weighted by atomic mass is 16.4. The van der Waals surface area contributed by atoms with E-state index >= 15 is 0 Å². The Labute approximate surface area is 106 Å². The van der Waals surface area contributed by atoms with Crippen LogP contribution in [-0.4, -0.2) is 20.9 Å². The van der Waals surface area contributed by atoms with Gasteiger partial charge in [-0.2, -0.15) is 5.10 Å². The second-order valence-electron chi connectivity index (χ2n) is 4.50. The summed E-state index contributed by atoms with van der Waals surface area (Å²) in [6, 6.07) is 5.19. The maximum atomic E-state index is 10.9. The molecule has 0 atom stereocenters. The van der Waals surface area contributed by atoms with Gasteiger partial charge in [0.25, 0.3) is 0 Å². The van der Waals surface area contributed by atoms with Crippen molar-refractivity contribution in [3.63, 3.8) is 0 Å². The van der Waals surface area contributed by atoms with Gasteiger partial charge in [0.15, 0.2) is 0 Å². The minimum Gasteiger partial charge on any atom is -0.478 e. The quantitative estimate of drug-likeness (QED) is 0.883. The lowest BCUT2D eigenvalue weighted by molar-refractivity contribution is 0.0697. The first kappa shape index (κ1) is 12.4. The minimum absolute atomic E-state index is 0.315. The smallest absolute Gasteiger partial charge is 0.335 e. The molecule has 1 N–H and O–H groups in total. The first-order valence-corrected chi connectivity index (χ1v) is 5.76. The Bertz CT molecular complexity index is 627. The predicted octanol–water partition coefficient (Wildman–Crippen LogP) is 2.71. The van der Waals surface area contributed by atoms with Gasteiger partial charge in [-0.15, -0.1) is 0 Å². The molecule has 94 valence electrons. The Morgan fingerprint density at radius 3 is 2.39 bits per heavy atom. The lowest BCUT2D eigenvalue weighted by Crippen LogP contribution is -1.98. The molecule has 1 aromatic carbocycles. The van der Waals surface area contributed by atoms with Crippen molar-refractivity contribution in [3.05, 3.63) is 40.7 Å². The van der Waals surface area contributed by atoms with E-state index in [4.69, 9.17) is 5.11 Å². The molecule has 0 radical (unpaired) electrons. The molecule has 1 heterocycles. The van der Waals surface area contributed by atoms with Crippen LogP contribution >= 0.6 is 0 Å². The van der Waals surface area contributed by atoms with E-state index in [1.54, 1.807) is 12.1 Å². The summed E-state index contributed by atoms with van der Waals surface area (Å²) in [6.45, 7) is 5.90. The Morgan fingerprint density at radius 1 is 1.28 bits per heavy atom. The van der Waals surface area contributed by atoms with Crippen molar-refractivity contribution in [2.24, 2.45) is 7.05 Å². The minimum atomic E-state index is -0.899. The second kappa shape index (κ2) is 4.29. The van der Waals surface area contributed by atoms with E-state index in [1.807, 2.05) is 38.6 Å². The van der Waals surface area contributed by atoms with E-state index in [-0.39, 0.29) is 0 Å². The van der Waals surface area contributed by atoms with Gasteiger partial charge in [-0.1, -0.05) is 6.07 Å². The Balaban J connectivity index is 2.62. The molecule has 0 saturated heterocycles. The third kappa shape index (κ3) is 1.90. The standard InChI is InChI=1S/C14H16N2O2/c1-8-7-11(14(17)18)5-6-12(8)13-9(2)15-16(4)10(13)3/h5-7H,1-4H3,(H,17,18). The zero-order valence-electron chi connectivity index (χ0n) is 11.0. The number of aromatic carboxylic acids is 1. The van der Waals surface area contributed by atoms with Crippen LogP contribution in [0, 0.1) is 20.8 Å². The molecule has 18 heavy (non-hydrogen) atoms. The number of benzene rings is 1. The number of aryl methyl sites for hydroxylation is 3. The number of aromatic nitrogens is 2. The number of carboxylic acid groups (broad SMARTS) is 1. The van der Waals surface area contributed by atoms with Crippen LogP contribution in [0.4, 0.5) is 0 Å². The second-order valence-corrected chi connectivity index (χ2v) is 4.50. The van der Waals surface area contributed by atoms with Crippen molar-refractivity contribution >= 4 is 5.97 Å². The van der Waals surface area contributed by atoms with Crippen molar-refractivity contribution in [2.45, 2.75) is 20.8 Å². The van der Waals surface area contributed by atoms with Crippen LogP contribution in [0.1, 0.15) is 27.3 Å². The van der Waals surface area contributed by atoms with Crippen molar-refractivity contribution in [1.82, 2.24) is 9.78 Å². The number of hydrogen-bond acceptors (Lipinski definition) is 2. The number of hydrogen-bond donors (Lipinski definition) is 1. The van der Waals surface area contributed by atoms with Gasteiger partial charge in [-0.05, 0) is 44.0 Å². The number of nitrogens with zero attached hydrogens (tertiary/aromatic N) is 2. The van der Waals surface area contributed by atoms with E-state index < -0.39 is 5.97 Å². The summed E-state index contributed by atoms with van der Waals surface area (Å²) < 4.78 is 1.84. The van der Waals surface area contributed by atoms with Crippen LogP contribution in [0.25, 0.3) is 11.1 Å². The van der Waals surface area contributed by atoms with Gasteiger partial charge < -0.3 is 5.11 Å². The van der Waals surface area contributed by atoms with Crippen LogP contribution in [0.3, 0.4) is 0 Å². The van der Waals surface area contributed by atoms with Gasteiger partial charge in [0.2, 0.25) is 0 Å². The highest BCUT2D eigenvalue weighted by Crippen LogP contribution is 2.29. The molecule has 0 saturated carbocycles. The fraction of sp³-hybridized carbons (Fsp3) is 0.286. The zero-order chi connectivity index (χ0) is 13.4. The molecule has 0 unspecified atom stereocenters. The summed E-state index contributed by atoms with van der Waals surface area (Å²) in [5.41, 5.74) is 5.44. The van der Waals surface area contributed by atoms with Crippen LogP contribution < -0.4 is 0 Å². The van der Waals surface area contributed by atoms with Crippen LogP contribution in [0.15, 0.2) is 18.2 Å². The molecule has 0 aliphatic heterocycles. The van der Waals surface area contributed by atoms with Gasteiger partial charge in [-0.3, -0.25) is 4.68 Å². The molecule has 0 amide bonds. The van der Waals surface area contributed by atoms with E-state index in [2.05, 4.69) is 5.10 Å². The third-order valence-electron chi connectivity index (χ3n) is 3.25. The molecule has 4 nitrogen and oxygen atoms in total. The van der Waals surface area contributed by atoms with Crippen LogP contribution in [0.5, 0.6) is 0 Å². The maximum Gasteiger partial charge on any atom is 0.335 e. The number of carboxylic acids is 1. The normalized spacial score (nSPS) is 10.7. The highest BCUT2D eigenvalue weighted by Gasteiger charge is 2.14. The van der Waals surface area contributed by atoms with Crippen molar-refractivity contribution < 1.29 is 9.90 Å². The van der Waals surface area contributed by atoms with E-state index in [1.165, 1.54) is 0 Å². The van der Waals surface area contributed by atoms with Crippen LogP contribution in [-0.2, 0) is 7.05 Å². The number of rotatable bonds is 2. The molecular formula is C14H16N2O2. The average molecular weight is 244 g/mol. The predicted molar refractivity (Wildman–Crippen MR) is 69.8 cm³/mol. The molecule has 0 fully saturated rings. The lowest BCUT2D eigenvalue weighted by atomic mass is 9.97. The molecule has 1 aromatic heterocycles. The lowest BCUT2D eigenvalue weighted by Gasteiger charge is -2.07. The highest BCUT2D eigenvalue weighted by molar-refractivity contribution is 5.89. The Kier molecular flexibility index (Phi) is 2.95. The largest absolute Gasteiger partial charge is 0.478 e. The molecule has 4 heteroatoms. The first-order chi connectivity index (χ1) is 8.41. The van der Waals surface area contributed by atoms with E-state index in [0.717, 1.165) is 28.1 Å². The van der Waals surface area contributed by atoms with Crippen LogP contribution in [0.2, 0.25) is 0 Å². The molecule has 0 aliphatic carbocycles. The van der Waals surface area contributed by atoms with E-state index in [0.29, 0.717) is 5.56 Å². The Morgan fingerprint density at radius 2 is 1.94 bits per heavy atom. The van der Waals surface area contributed by atoms with Crippen molar-refractivity contribution in [2.75, 3.05) is 0 Å². The first-order valence-electron chi connectivity index (χ1n) is 5.76. The van der Waals surface area contributed by atoms with Gasteiger partial charge >= 0.3 is 5.97 Å². The molecule has 2 aromatic rings. The summed E-state index contributed by atoms with van der Waals surface area (Å²) in [5, 5.41) is 13.4. The fourth-order valence-electron chi connectivity index (χ4n) is 2.24. The third-order valence-corrected chi connectivity index (χ3v) is 3.25. The molecule has 0 aliphatic rings. The van der Waals surface area contributed by atoms with Gasteiger partial charge in [-0.25, -0.2) is 4.79 Å². The maximum absolute atomic E-state index is 10.9. The molecule has 0 bridgehead atoms. The van der Waals surface area contributed by atoms with Gasteiger partial charge in [0.1, 0.15) is 0 Å². The molecule has 0 spiro atoms. The average Bonchev–Trinajstić information content (AvgIpc) is 2.54. The summed E-state index contributed by atoms with van der Waals surface area (Å²) in [6.07, 6.45) is 0. The number of carbonyl (C=O) groups is 1. The van der Waals surface area contributed by atoms with Gasteiger partial charge in [0, 0.05) is 18.3 Å². The summed E-state index contributed by atoms with van der Waals surface area (Å²) >= 11 is 0. The molecule has 2 rings (SSSR count). The topological polar surface area (TPSA) is 55.1 Å². The fourth-order valence-corrected chi connectivity index (χ4v) is 2.24. The van der Waals surface area contributed by atoms with Crippen molar-refractivity contribution in [3.8, 4) is 11.1 Å². The Hall–Kier alpha value is -2.10.